The van der Waals surface area contributed by atoms with Gasteiger partial charge in [-0.3, -0.25) is 9.59 Å². The summed E-state index contributed by atoms with van der Waals surface area (Å²) >= 11 is 16.0. The van der Waals surface area contributed by atoms with Crippen LogP contribution in [-0.2, 0) is 51.9 Å². The highest BCUT2D eigenvalue weighted by atomic mass is 79.9. The molecular formula is C86H112BrClN22O12S4. The largest absolute Gasteiger partial charge is 0.516 e. The lowest BCUT2D eigenvalue weighted by Gasteiger charge is -2.22. The van der Waals surface area contributed by atoms with E-state index in [1.807, 2.05) is 83.1 Å². The number of thiocarbonyl (C=S) groups is 1. The Kier molecular flexibility index (Phi) is 36.3. The van der Waals surface area contributed by atoms with Crippen LogP contribution in [0.25, 0.3) is 75.8 Å². The van der Waals surface area contributed by atoms with Gasteiger partial charge in [-0.05, 0) is 165 Å². The van der Waals surface area contributed by atoms with Gasteiger partial charge in [-0.2, -0.15) is 20.4 Å². The predicted molar refractivity (Wildman–Crippen MR) is 500 cm³/mol. The van der Waals surface area contributed by atoms with Crippen LogP contribution in [0, 0.1) is 5.92 Å². The van der Waals surface area contributed by atoms with Gasteiger partial charge in [-0.1, -0.05) is 93.4 Å². The molecule has 11 aromatic rings. The van der Waals surface area contributed by atoms with E-state index in [0.29, 0.717) is 46.8 Å². The Hall–Kier alpha value is -10.3. The van der Waals surface area contributed by atoms with E-state index in [1.54, 1.807) is 53.4 Å². The number of amides is 1. The van der Waals surface area contributed by atoms with Crippen molar-refractivity contribution >= 4 is 187 Å². The van der Waals surface area contributed by atoms with E-state index in [4.69, 9.17) is 56.9 Å². The van der Waals surface area contributed by atoms with Crippen molar-refractivity contribution in [2.45, 2.75) is 175 Å². The molecule has 0 aromatic carbocycles. The number of fused-ring (bicyclic) bond motifs is 4. The molecule has 5 aliphatic heterocycles. The number of nitrogens with one attached hydrogen (secondary N) is 2. The fourth-order valence-electron chi connectivity index (χ4n) is 14.9. The number of rotatable bonds is 19. The van der Waals surface area contributed by atoms with Gasteiger partial charge in [0.2, 0.25) is 10.0 Å². The average Bonchev–Trinajstić information content (AvgIpc) is 1.64. The number of anilines is 4. The number of aromatic nitrogens is 15. The summed E-state index contributed by atoms with van der Waals surface area (Å²) in [5.41, 5.74) is 10.1. The van der Waals surface area contributed by atoms with Crippen molar-refractivity contribution in [1.82, 2.24) is 84.6 Å². The number of carbonyl (C=O) groups excluding carboxylic acids is 6. The maximum absolute atomic E-state index is 12.6. The predicted octanol–water partition coefficient (Wildman–Crippen LogP) is 15.9. The fourth-order valence-corrected chi connectivity index (χ4v) is 17.7. The molecule has 5 fully saturated rings. The number of aryl methyl sites for hydroxylation is 4. The minimum absolute atomic E-state index is 0.00933. The first kappa shape index (κ1) is 96.3. The number of carboxylic acids is 1. The highest BCUT2D eigenvalue weighted by Gasteiger charge is 2.28. The van der Waals surface area contributed by atoms with Gasteiger partial charge in [0.25, 0.3) is 5.91 Å². The third kappa shape index (κ3) is 26.2. The number of hydrogen-bond acceptors (Lipinski definition) is 31. The first-order valence-electron chi connectivity index (χ1n) is 43.1. The highest BCUT2D eigenvalue weighted by Crippen LogP contribution is 2.37. The van der Waals surface area contributed by atoms with Gasteiger partial charge in [-0.25, -0.2) is 77.6 Å². The van der Waals surface area contributed by atoms with Gasteiger partial charge in [-0.15, -0.1) is 34.0 Å². The van der Waals surface area contributed by atoms with Gasteiger partial charge in [0.05, 0.1) is 32.0 Å². The van der Waals surface area contributed by atoms with E-state index in [-0.39, 0.29) is 44.2 Å². The molecule has 2 unspecified atom stereocenters. The summed E-state index contributed by atoms with van der Waals surface area (Å²) in [6.07, 6.45) is 27.1. The second-order valence-corrected chi connectivity index (χ2v) is 35.5. The van der Waals surface area contributed by atoms with Crippen LogP contribution in [0.15, 0.2) is 67.1 Å². The molecule has 0 spiro atoms. The van der Waals surface area contributed by atoms with Crippen molar-refractivity contribution in [2.24, 2.45) is 39.8 Å². The molecule has 0 radical (unpaired) electrons. The maximum atomic E-state index is 12.6. The lowest BCUT2D eigenvalue weighted by Crippen LogP contribution is -2.35. The van der Waals surface area contributed by atoms with Crippen molar-refractivity contribution < 1.29 is 57.6 Å². The number of aromatic carboxylic acids is 1. The summed E-state index contributed by atoms with van der Waals surface area (Å²) in [6, 6.07) is 16.3. The van der Waals surface area contributed by atoms with E-state index in [0.717, 1.165) is 196 Å². The normalized spacial score (nSPS) is 15.6. The molecule has 1 amide bonds. The number of thiazole rings is 3. The minimum Gasteiger partial charge on any atom is -0.476 e. The van der Waals surface area contributed by atoms with E-state index in [2.05, 4.69) is 110 Å². The zero-order valence-corrected chi connectivity index (χ0v) is 78.4. The van der Waals surface area contributed by atoms with Crippen molar-refractivity contribution in [3.05, 3.63) is 87.8 Å². The van der Waals surface area contributed by atoms with Crippen molar-refractivity contribution in [3.8, 4) is 31.7 Å². The van der Waals surface area contributed by atoms with Crippen LogP contribution in [-0.4, -0.2) is 221 Å². The lowest BCUT2D eigenvalue weighted by molar-refractivity contribution is -0.134. The molecule has 5 saturated heterocycles. The average molecular weight is 1890 g/mol. The Morgan fingerprint density at radius 2 is 0.889 bits per heavy atom. The standard InChI is InChI=1S/C23H31N7OS.C22H27N5O4S.C17H19N5O2S.C15H19BrN4O.C5H9ClO2.C4H7NO2S/c1-29-21-17(6-7-19(27-21)30-12-4-2-3-5-13-30)20(28-29)18-15-26-23(32-18)22(31)25-14-16-8-10-24-11-9-16;1-4-14(2)30-22(29)31-21(28)20-23-13-16(32-20)18-15-9-10-17(24-19(15)26(3)25-18)27-11-7-5-6-8-12-27;1-21-15-11(14(20-21)12-10-18-16(25-12)17(23)24)6-7-13(19-15)22-8-4-2-3-5-9-22;1-19-15-11(14(18-19)12(21)10-16)6-7-13(17-15)20-8-4-2-3-5-9-20;1-3-4(2)8-5(6)7;1-2-7-4(6)3(5)8/h6-7,15-16,24H,2-5,8-14H2,1H3,(H,25,31);9-10,13-14H,4-8,11-12H2,1-3H3;6-7,10H,2-5,8-9H2,1H3,(H,23,24);6-7H,2-5,8-10H2,1H3;4H,3H2,1-2H3;2H2,1H3,(H2,5,8). The molecule has 34 nitrogen and oxygen atoms in total. The van der Waals surface area contributed by atoms with Crippen LogP contribution in [0.3, 0.4) is 0 Å². The van der Waals surface area contributed by atoms with Gasteiger partial charge in [0, 0.05) is 133 Å². The van der Waals surface area contributed by atoms with Gasteiger partial charge >= 0.3 is 29.5 Å². The Balaban J connectivity index is 0.000000155. The summed E-state index contributed by atoms with van der Waals surface area (Å²) in [5.74, 6) is 1.94. The van der Waals surface area contributed by atoms with Crippen molar-refractivity contribution in [3.63, 3.8) is 0 Å². The smallest absolute Gasteiger partial charge is 0.476 e. The molecule has 16 rings (SSSR count). The number of nitrogens with two attached hydrogens (primary N) is 1. The number of carboxylic acid groups (broad SMARTS) is 1. The number of pyridine rings is 4. The molecule has 676 valence electrons. The van der Waals surface area contributed by atoms with E-state index < -0.39 is 29.5 Å². The number of alkyl halides is 1. The van der Waals surface area contributed by atoms with E-state index in [9.17, 15) is 33.6 Å². The summed E-state index contributed by atoms with van der Waals surface area (Å²) in [7, 11) is 7.49. The number of ketones is 1. The Labute approximate surface area is 762 Å². The third-order valence-electron chi connectivity index (χ3n) is 22.0. The number of ether oxygens (including phenoxy) is 4. The quantitative estimate of drug-likeness (QED) is 0.0111. The Morgan fingerprint density at radius 1 is 0.532 bits per heavy atom. The minimum atomic E-state index is -1.02. The van der Waals surface area contributed by atoms with Crippen LogP contribution in [0.5, 0.6) is 0 Å². The molecule has 0 aliphatic carbocycles. The number of carbonyl (C=O) groups is 7. The van der Waals surface area contributed by atoms with Crippen LogP contribution in [0.2, 0.25) is 0 Å². The zero-order valence-electron chi connectivity index (χ0n) is 72.8. The molecule has 0 bridgehead atoms. The van der Waals surface area contributed by atoms with Gasteiger partial charge < -0.3 is 60.0 Å². The van der Waals surface area contributed by atoms with Crippen LogP contribution < -0.4 is 36.0 Å². The number of Topliss-reactive ketones (excluding diaryl/α,β-unsaturated/α-hetero) is 1. The van der Waals surface area contributed by atoms with Gasteiger partial charge in [0.15, 0.2) is 38.4 Å². The fraction of sp³-hybridized carbons (Fsp3) is 0.523. The molecule has 2 atom stereocenters. The SMILES string of the molecule is CCC(C)OC(=O)Cl.CCC(C)OC(=O)OC(=O)c1ncc(-c2nn(C)c3nc(N4CCCCCC4)ccc23)s1.CCOC(=O)C(N)=S.Cn1nc(-c2cnc(C(=O)NCC3CCNCC3)s2)c2ccc(N3CCCCCC3)nc21.Cn1nc(-c2cnc(C(=O)O)s2)c2ccc(N3CCCCCC3)nc21.Cn1nc(C(=O)CBr)c2ccc(N3CCCCCC3)nc21. The van der Waals surface area contributed by atoms with Crippen molar-refractivity contribution in [2.75, 3.05) is 104 Å². The molecule has 16 heterocycles. The maximum Gasteiger partial charge on any atom is 0.516 e. The highest BCUT2D eigenvalue weighted by molar-refractivity contribution is 9.09. The van der Waals surface area contributed by atoms with Crippen molar-refractivity contribution in [1.29, 1.82) is 0 Å². The first-order chi connectivity index (χ1) is 60.8. The van der Waals surface area contributed by atoms with E-state index in [1.165, 1.54) is 114 Å². The summed E-state index contributed by atoms with van der Waals surface area (Å²) in [6.45, 7) is 20.5. The number of hydrogen-bond donors (Lipinski definition) is 4. The summed E-state index contributed by atoms with van der Waals surface area (Å²) < 4.78 is 25.7. The second-order valence-electron chi connectivity index (χ2n) is 31.1. The number of piperidine rings is 1. The second kappa shape index (κ2) is 47.5. The summed E-state index contributed by atoms with van der Waals surface area (Å²) in [5, 5.41) is 38.2. The first-order valence-corrected chi connectivity index (χ1v) is 47.5. The summed E-state index contributed by atoms with van der Waals surface area (Å²) in [4.78, 5) is 123. The topological polar surface area (TPSA) is 401 Å². The monoisotopic (exact) mass is 1890 g/mol. The lowest BCUT2D eigenvalue weighted by atomic mass is 9.98. The third-order valence-corrected chi connectivity index (χ3v) is 25.7. The zero-order chi connectivity index (χ0) is 89.9. The molecular weight excluding hydrogens is 1780 g/mol. The van der Waals surface area contributed by atoms with Gasteiger partial charge in [0.1, 0.15) is 58.3 Å². The molecule has 5 N–H and O–H groups in total. The Bertz CT molecular complexity index is 5520. The molecule has 5 aliphatic rings. The number of esters is 2. The number of nitrogens with zero attached hydrogens (tertiary/aromatic N) is 19. The van der Waals surface area contributed by atoms with Crippen LogP contribution in [0.1, 0.15) is 203 Å². The van der Waals surface area contributed by atoms with Crippen LogP contribution >= 0.6 is 73.8 Å². The molecule has 0 saturated carbocycles. The Morgan fingerprint density at radius 3 is 1.24 bits per heavy atom. The molecule has 126 heavy (non-hydrogen) atoms. The van der Waals surface area contributed by atoms with E-state index >= 15 is 0 Å². The van der Waals surface area contributed by atoms with Crippen LogP contribution in [0.4, 0.5) is 32.9 Å². The molecule has 40 heteroatoms. The molecule has 11 aromatic heterocycles. The number of halogens is 2.